The molecule has 0 unspecified atom stereocenters. The summed E-state index contributed by atoms with van der Waals surface area (Å²) < 4.78 is 5.98. The number of ether oxygens (including phenoxy) is 1. The molecule has 0 aliphatic heterocycles. The van der Waals surface area contributed by atoms with Gasteiger partial charge in [0.05, 0.1) is 0 Å². The van der Waals surface area contributed by atoms with Crippen LogP contribution in [-0.2, 0) is 6.61 Å². The summed E-state index contributed by atoms with van der Waals surface area (Å²) in [7, 11) is 0. The Labute approximate surface area is 126 Å². The third-order valence-corrected chi connectivity index (χ3v) is 3.61. The SMILES string of the molecule is Cc1cc([C@H](N)CCN)cc(C)c1OCc1ccccc1. The van der Waals surface area contributed by atoms with Gasteiger partial charge in [0.2, 0.25) is 0 Å². The van der Waals surface area contributed by atoms with Crippen LogP contribution in [0.25, 0.3) is 0 Å². The van der Waals surface area contributed by atoms with Crippen LogP contribution in [0.5, 0.6) is 5.75 Å². The van der Waals surface area contributed by atoms with E-state index in [0.717, 1.165) is 28.9 Å². The van der Waals surface area contributed by atoms with Crippen molar-refractivity contribution in [2.45, 2.75) is 32.9 Å². The van der Waals surface area contributed by atoms with Gasteiger partial charge < -0.3 is 16.2 Å². The molecule has 0 saturated carbocycles. The van der Waals surface area contributed by atoms with Gasteiger partial charge in [0.25, 0.3) is 0 Å². The van der Waals surface area contributed by atoms with Gasteiger partial charge in [-0.1, -0.05) is 42.5 Å². The van der Waals surface area contributed by atoms with Crippen molar-refractivity contribution in [3.63, 3.8) is 0 Å². The molecule has 0 spiro atoms. The molecule has 21 heavy (non-hydrogen) atoms. The van der Waals surface area contributed by atoms with Crippen molar-refractivity contribution in [3.05, 3.63) is 64.7 Å². The van der Waals surface area contributed by atoms with Gasteiger partial charge in [0.1, 0.15) is 12.4 Å². The Balaban J connectivity index is 2.13. The minimum atomic E-state index is -0.00410. The normalized spacial score (nSPS) is 12.2. The van der Waals surface area contributed by atoms with Gasteiger partial charge in [0, 0.05) is 6.04 Å². The van der Waals surface area contributed by atoms with Gasteiger partial charge in [0.15, 0.2) is 0 Å². The quantitative estimate of drug-likeness (QED) is 0.856. The molecule has 0 amide bonds. The molecule has 112 valence electrons. The van der Waals surface area contributed by atoms with Crippen LogP contribution in [0, 0.1) is 13.8 Å². The highest BCUT2D eigenvalue weighted by Gasteiger charge is 2.11. The lowest BCUT2D eigenvalue weighted by Crippen LogP contribution is -2.15. The standard InChI is InChI=1S/C18H24N2O/c1-13-10-16(17(20)8-9-19)11-14(2)18(13)21-12-15-6-4-3-5-7-15/h3-7,10-11,17H,8-9,12,19-20H2,1-2H3/t17-/m1/s1. The Morgan fingerprint density at radius 3 is 2.24 bits per heavy atom. The van der Waals surface area contributed by atoms with Crippen LogP contribution in [0.3, 0.4) is 0 Å². The molecule has 4 N–H and O–H groups in total. The van der Waals surface area contributed by atoms with Crippen molar-refractivity contribution in [3.8, 4) is 5.75 Å². The van der Waals surface area contributed by atoms with E-state index in [1.165, 1.54) is 5.56 Å². The van der Waals surface area contributed by atoms with E-state index in [1.54, 1.807) is 0 Å². The molecule has 0 bridgehead atoms. The summed E-state index contributed by atoms with van der Waals surface area (Å²) in [6, 6.07) is 14.4. The van der Waals surface area contributed by atoms with Crippen molar-refractivity contribution < 1.29 is 4.74 Å². The minimum absolute atomic E-state index is 0.00410. The second-order valence-electron chi connectivity index (χ2n) is 5.44. The molecule has 0 aliphatic rings. The molecule has 0 radical (unpaired) electrons. The van der Waals surface area contributed by atoms with Crippen molar-refractivity contribution in [1.29, 1.82) is 0 Å². The van der Waals surface area contributed by atoms with Crippen LogP contribution >= 0.6 is 0 Å². The first kappa shape index (κ1) is 15.5. The van der Waals surface area contributed by atoms with E-state index in [0.29, 0.717) is 13.2 Å². The third kappa shape index (κ3) is 4.06. The second kappa shape index (κ2) is 7.25. The van der Waals surface area contributed by atoms with Crippen molar-refractivity contribution in [2.24, 2.45) is 11.5 Å². The Morgan fingerprint density at radius 2 is 1.67 bits per heavy atom. The fourth-order valence-corrected chi connectivity index (χ4v) is 2.50. The minimum Gasteiger partial charge on any atom is -0.488 e. The fourth-order valence-electron chi connectivity index (χ4n) is 2.50. The van der Waals surface area contributed by atoms with E-state index in [9.17, 15) is 0 Å². The van der Waals surface area contributed by atoms with E-state index in [2.05, 4.69) is 38.1 Å². The lowest BCUT2D eigenvalue weighted by Gasteiger charge is -2.17. The first-order valence-electron chi connectivity index (χ1n) is 7.35. The van der Waals surface area contributed by atoms with E-state index < -0.39 is 0 Å². The molecule has 0 heterocycles. The molecule has 0 aliphatic carbocycles. The summed E-state index contributed by atoms with van der Waals surface area (Å²) in [4.78, 5) is 0. The molecule has 3 nitrogen and oxygen atoms in total. The maximum absolute atomic E-state index is 6.14. The van der Waals surface area contributed by atoms with Crippen LogP contribution < -0.4 is 16.2 Å². The average molecular weight is 284 g/mol. The van der Waals surface area contributed by atoms with Gasteiger partial charge >= 0.3 is 0 Å². The summed E-state index contributed by atoms with van der Waals surface area (Å²) >= 11 is 0. The molecule has 0 fully saturated rings. The van der Waals surface area contributed by atoms with Gasteiger partial charge in [-0.3, -0.25) is 0 Å². The average Bonchev–Trinajstić information content (AvgIpc) is 2.47. The lowest BCUT2D eigenvalue weighted by molar-refractivity contribution is 0.302. The fraction of sp³-hybridized carbons (Fsp3) is 0.333. The zero-order valence-electron chi connectivity index (χ0n) is 12.8. The molecule has 2 rings (SSSR count). The summed E-state index contributed by atoms with van der Waals surface area (Å²) in [6.45, 7) is 5.31. The van der Waals surface area contributed by atoms with Gasteiger partial charge in [-0.2, -0.15) is 0 Å². The number of benzene rings is 2. The first-order valence-corrected chi connectivity index (χ1v) is 7.35. The topological polar surface area (TPSA) is 61.3 Å². The predicted octanol–water partition coefficient (Wildman–Crippen LogP) is 3.23. The van der Waals surface area contributed by atoms with Gasteiger partial charge in [-0.25, -0.2) is 0 Å². The molecule has 1 atom stereocenters. The Bertz CT molecular complexity index is 558. The summed E-state index contributed by atoms with van der Waals surface area (Å²) in [5, 5.41) is 0. The first-order chi connectivity index (χ1) is 10.1. The predicted molar refractivity (Wildman–Crippen MR) is 87.3 cm³/mol. The number of hydrogen-bond acceptors (Lipinski definition) is 3. The summed E-state index contributed by atoms with van der Waals surface area (Å²) in [6.07, 6.45) is 0.795. The number of hydrogen-bond donors (Lipinski definition) is 2. The van der Waals surface area contributed by atoms with Gasteiger partial charge in [-0.05, 0) is 49.1 Å². The smallest absolute Gasteiger partial charge is 0.125 e. The maximum atomic E-state index is 6.14. The number of aryl methyl sites for hydroxylation is 2. The Hall–Kier alpha value is -1.84. The largest absolute Gasteiger partial charge is 0.488 e. The highest BCUT2D eigenvalue weighted by atomic mass is 16.5. The molecule has 3 heteroatoms. The van der Waals surface area contributed by atoms with Crippen molar-refractivity contribution >= 4 is 0 Å². The van der Waals surface area contributed by atoms with Crippen molar-refractivity contribution in [1.82, 2.24) is 0 Å². The number of nitrogens with two attached hydrogens (primary N) is 2. The van der Waals surface area contributed by atoms with E-state index >= 15 is 0 Å². The molecule has 2 aromatic carbocycles. The number of rotatable bonds is 6. The molecule has 2 aromatic rings. The Morgan fingerprint density at radius 1 is 1.05 bits per heavy atom. The third-order valence-electron chi connectivity index (χ3n) is 3.61. The Kier molecular flexibility index (Phi) is 5.37. The zero-order valence-corrected chi connectivity index (χ0v) is 12.8. The summed E-state index contributed by atoms with van der Waals surface area (Å²) in [5.41, 5.74) is 16.2. The molecular weight excluding hydrogens is 260 g/mol. The zero-order chi connectivity index (χ0) is 15.2. The van der Waals surface area contributed by atoms with Crippen LogP contribution in [0.2, 0.25) is 0 Å². The molecular formula is C18H24N2O. The monoisotopic (exact) mass is 284 g/mol. The molecule has 0 saturated heterocycles. The highest BCUT2D eigenvalue weighted by molar-refractivity contribution is 5.44. The maximum Gasteiger partial charge on any atom is 0.125 e. The van der Waals surface area contributed by atoms with E-state index in [4.69, 9.17) is 16.2 Å². The van der Waals surface area contributed by atoms with E-state index in [1.807, 2.05) is 18.2 Å². The second-order valence-corrected chi connectivity index (χ2v) is 5.44. The van der Waals surface area contributed by atoms with Crippen LogP contribution in [0.15, 0.2) is 42.5 Å². The molecule has 0 aromatic heterocycles. The van der Waals surface area contributed by atoms with Crippen molar-refractivity contribution in [2.75, 3.05) is 6.54 Å². The van der Waals surface area contributed by atoms with Crippen LogP contribution in [0.1, 0.15) is 34.7 Å². The van der Waals surface area contributed by atoms with Gasteiger partial charge in [-0.15, -0.1) is 0 Å². The highest BCUT2D eigenvalue weighted by Crippen LogP contribution is 2.28. The summed E-state index contributed by atoms with van der Waals surface area (Å²) in [5.74, 6) is 0.947. The lowest BCUT2D eigenvalue weighted by atomic mass is 9.99. The van der Waals surface area contributed by atoms with Crippen LogP contribution in [0.4, 0.5) is 0 Å². The van der Waals surface area contributed by atoms with Crippen LogP contribution in [-0.4, -0.2) is 6.54 Å². The van der Waals surface area contributed by atoms with E-state index in [-0.39, 0.29) is 6.04 Å².